The second-order valence-corrected chi connectivity index (χ2v) is 9.74. The molecule has 0 spiro atoms. The molecule has 1 aromatic heterocycles. The summed E-state index contributed by atoms with van der Waals surface area (Å²) >= 11 is 7.97. The van der Waals surface area contributed by atoms with E-state index in [0.29, 0.717) is 9.90 Å². The number of halogens is 2. The van der Waals surface area contributed by atoms with E-state index in [2.05, 4.69) is 36.6 Å². The van der Waals surface area contributed by atoms with Gasteiger partial charge in [0.2, 0.25) is 0 Å². The molecule has 0 saturated carbocycles. The van der Waals surface area contributed by atoms with Crippen molar-refractivity contribution in [2.45, 2.75) is 25.0 Å². The minimum Gasteiger partial charge on any atom is -0.278 e. The lowest BCUT2D eigenvalue weighted by atomic mass is 10.1. The summed E-state index contributed by atoms with van der Waals surface area (Å²) in [7, 11) is -3.55. The molecule has 108 valence electrons. The van der Waals surface area contributed by atoms with Gasteiger partial charge < -0.3 is 0 Å². The van der Waals surface area contributed by atoms with Gasteiger partial charge in [0.15, 0.2) is 0 Å². The average Bonchev–Trinajstić information content (AvgIpc) is 2.65. The predicted octanol–water partition coefficient (Wildman–Crippen LogP) is 5.00. The lowest BCUT2D eigenvalue weighted by Gasteiger charge is -2.13. The Kier molecular flexibility index (Phi) is 4.63. The highest BCUT2D eigenvalue weighted by Gasteiger charge is 2.20. The van der Waals surface area contributed by atoms with Crippen molar-refractivity contribution in [2.75, 3.05) is 4.72 Å². The molecule has 0 aliphatic rings. The summed E-state index contributed by atoms with van der Waals surface area (Å²) in [4.78, 5) is 0. The first-order valence-corrected chi connectivity index (χ1v) is 9.65. The van der Waals surface area contributed by atoms with Crippen LogP contribution in [0.2, 0.25) is 0 Å². The van der Waals surface area contributed by atoms with Crippen molar-refractivity contribution in [3.8, 4) is 0 Å². The number of benzene rings is 1. The van der Waals surface area contributed by atoms with Gasteiger partial charge in [0.25, 0.3) is 10.0 Å². The van der Waals surface area contributed by atoms with Crippen LogP contribution in [0.1, 0.15) is 16.7 Å². The molecule has 0 atom stereocenters. The molecule has 0 unspecified atom stereocenters. The molecule has 0 bridgehead atoms. The standard InChI is InChI=1S/C13H13Br2NO2S2/c1-7-4-10(14)5-8(2)12(7)16-20(17,18)11-6-9(3)13(15)19-11/h4-6,16H,1-3H3. The van der Waals surface area contributed by atoms with Crippen LogP contribution in [0.15, 0.2) is 30.7 Å². The lowest BCUT2D eigenvalue weighted by Crippen LogP contribution is -2.13. The van der Waals surface area contributed by atoms with Crippen LogP contribution in [0, 0.1) is 20.8 Å². The van der Waals surface area contributed by atoms with Crippen molar-refractivity contribution in [1.29, 1.82) is 0 Å². The Morgan fingerprint density at radius 3 is 2.00 bits per heavy atom. The van der Waals surface area contributed by atoms with E-state index >= 15 is 0 Å². The Labute approximate surface area is 139 Å². The van der Waals surface area contributed by atoms with E-state index in [1.807, 2.05) is 32.9 Å². The fourth-order valence-electron chi connectivity index (χ4n) is 1.82. The molecule has 1 heterocycles. The third-order valence-electron chi connectivity index (χ3n) is 2.83. The van der Waals surface area contributed by atoms with Gasteiger partial charge in [-0.25, -0.2) is 8.42 Å². The molecule has 7 heteroatoms. The monoisotopic (exact) mass is 437 g/mol. The Balaban J connectivity index is 2.43. The fraction of sp³-hybridized carbons (Fsp3) is 0.231. The summed E-state index contributed by atoms with van der Waals surface area (Å²) in [5.41, 5.74) is 3.32. The van der Waals surface area contributed by atoms with E-state index in [1.165, 1.54) is 11.3 Å². The van der Waals surface area contributed by atoms with Crippen LogP contribution in [-0.2, 0) is 10.0 Å². The third kappa shape index (κ3) is 3.27. The SMILES string of the molecule is Cc1cc(S(=O)(=O)Nc2c(C)cc(Br)cc2C)sc1Br. The van der Waals surface area contributed by atoms with Crippen LogP contribution in [0.25, 0.3) is 0 Å². The van der Waals surface area contributed by atoms with Crippen molar-refractivity contribution < 1.29 is 8.42 Å². The van der Waals surface area contributed by atoms with Crippen molar-refractivity contribution >= 4 is 58.9 Å². The number of hydrogen-bond acceptors (Lipinski definition) is 3. The quantitative estimate of drug-likeness (QED) is 0.732. The maximum Gasteiger partial charge on any atom is 0.271 e. The molecular weight excluding hydrogens is 426 g/mol. The minimum absolute atomic E-state index is 0.309. The average molecular weight is 439 g/mol. The molecule has 2 aromatic rings. The molecule has 2 rings (SSSR count). The number of anilines is 1. The molecule has 20 heavy (non-hydrogen) atoms. The highest BCUT2D eigenvalue weighted by molar-refractivity contribution is 9.11. The van der Waals surface area contributed by atoms with Crippen LogP contribution in [0.5, 0.6) is 0 Å². The molecule has 0 fully saturated rings. The van der Waals surface area contributed by atoms with E-state index in [1.54, 1.807) is 6.07 Å². The normalized spacial score (nSPS) is 11.7. The Morgan fingerprint density at radius 2 is 1.55 bits per heavy atom. The maximum atomic E-state index is 12.4. The van der Waals surface area contributed by atoms with E-state index in [9.17, 15) is 8.42 Å². The van der Waals surface area contributed by atoms with Crippen molar-refractivity contribution in [2.24, 2.45) is 0 Å². The second kappa shape index (κ2) is 5.79. The highest BCUT2D eigenvalue weighted by Crippen LogP contribution is 2.33. The van der Waals surface area contributed by atoms with Gasteiger partial charge in [0.05, 0.1) is 9.47 Å². The van der Waals surface area contributed by atoms with Gasteiger partial charge in [-0.3, -0.25) is 4.72 Å². The van der Waals surface area contributed by atoms with E-state index < -0.39 is 10.0 Å². The number of hydrogen-bond donors (Lipinski definition) is 1. The summed E-state index contributed by atoms with van der Waals surface area (Å²) in [6, 6.07) is 5.45. The molecule has 0 aliphatic heterocycles. The summed E-state index contributed by atoms with van der Waals surface area (Å²) < 4.78 is 29.6. The number of aryl methyl sites for hydroxylation is 3. The fourth-order valence-corrected chi connectivity index (χ4v) is 5.94. The smallest absolute Gasteiger partial charge is 0.271 e. The number of thiophene rings is 1. The van der Waals surface area contributed by atoms with Crippen LogP contribution < -0.4 is 4.72 Å². The zero-order valence-corrected chi connectivity index (χ0v) is 15.9. The van der Waals surface area contributed by atoms with Crippen molar-refractivity contribution in [3.63, 3.8) is 0 Å². The van der Waals surface area contributed by atoms with Crippen LogP contribution in [0.4, 0.5) is 5.69 Å². The Bertz CT molecular complexity index is 724. The largest absolute Gasteiger partial charge is 0.278 e. The summed E-state index contributed by atoms with van der Waals surface area (Å²) in [5.74, 6) is 0. The highest BCUT2D eigenvalue weighted by atomic mass is 79.9. The second-order valence-electron chi connectivity index (χ2n) is 4.54. The first-order valence-electron chi connectivity index (χ1n) is 5.76. The Morgan fingerprint density at radius 1 is 1.00 bits per heavy atom. The molecule has 0 amide bonds. The summed E-state index contributed by atoms with van der Waals surface area (Å²) in [6.45, 7) is 5.63. The van der Waals surface area contributed by atoms with Gasteiger partial charge in [0.1, 0.15) is 4.21 Å². The summed E-state index contributed by atoms with van der Waals surface area (Å²) in [6.07, 6.45) is 0. The van der Waals surface area contributed by atoms with E-state index in [4.69, 9.17) is 0 Å². The molecule has 1 N–H and O–H groups in total. The zero-order chi connectivity index (χ0) is 15.1. The molecule has 0 aliphatic carbocycles. The molecule has 3 nitrogen and oxygen atoms in total. The molecule has 0 saturated heterocycles. The van der Waals surface area contributed by atoms with Gasteiger partial charge >= 0.3 is 0 Å². The number of rotatable bonds is 3. The molecule has 0 radical (unpaired) electrons. The Hall–Kier alpha value is -0.370. The predicted molar refractivity (Wildman–Crippen MR) is 91.2 cm³/mol. The first-order chi connectivity index (χ1) is 9.20. The topological polar surface area (TPSA) is 46.2 Å². The van der Waals surface area contributed by atoms with Gasteiger partial charge in [0, 0.05) is 4.47 Å². The van der Waals surface area contributed by atoms with Crippen LogP contribution in [-0.4, -0.2) is 8.42 Å². The minimum atomic E-state index is -3.55. The third-order valence-corrected chi connectivity index (χ3v) is 7.25. The van der Waals surface area contributed by atoms with Gasteiger partial charge in [-0.2, -0.15) is 0 Å². The van der Waals surface area contributed by atoms with Gasteiger partial charge in [-0.05, 0) is 71.6 Å². The lowest BCUT2D eigenvalue weighted by molar-refractivity contribution is 0.603. The van der Waals surface area contributed by atoms with E-state index in [0.717, 1.165) is 24.9 Å². The summed E-state index contributed by atoms with van der Waals surface area (Å²) in [5, 5.41) is 0. The molecular formula is C13H13Br2NO2S2. The van der Waals surface area contributed by atoms with Gasteiger partial charge in [-0.15, -0.1) is 11.3 Å². The number of sulfonamides is 1. The van der Waals surface area contributed by atoms with Crippen LogP contribution >= 0.6 is 43.2 Å². The van der Waals surface area contributed by atoms with Crippen molar-refractivity contribution in [3.05, 3.63) is 43.1 Å². The van der Waals surface area contributed by atoms with Crippen molar-refractivity contribution in [1.82, 2.24) is 0 Å². The molecule has 1 aromatic carbocycles. The maximum absolute atomic E-state index is 12.4. The number of nitrogens with one attached hydrogen (secondary N) is 1. The zero-order valence-electron chi connectivity index (χ0n) is 11.1. The van der Waals surface area contributed by atoms with E-state index in [-0.39, 0.29) is 0 Å². The first kappa shape index (κ1) is 16.0. The van der Waals surface area contributed by atoms with Crippen LogP contribution in [0.3, 0.4) is 0 Å². The van der Waals surface area contributed by atoms with Gasteiger partial charge in [-0.1, -0.05) is 15.9 Å².